The minimum atomic E-state index is -4.58. The number of aromatic nitrogens is 2. The molecule has 0 radical (unpaired) electrons. The second-order valence-corrected chi connectivity index (χ2v) is 6.82. The van der Waals surface area contributed by atoms with Crippen LogP contribution < -0.4 is 14.8 Å². The first-order valence-corrected chi connectivity index (χ1v) is 9.36. The van der Waals surface area contributed by atoms with Gasteiger partial charge in [0.2, 0.25) is 11.8 Å². The molecular formula is C20H26F3N3O2. The molecule has 1 heterocycles. The summed E-state index contributed by atoms with van der Waals surface area (Å²) in [5.41, 5.74) is -0.347. The lowest BCUT2D eigenvalue weighted by molar-refractivity contribution is -0.139. The van der Waals surface area contributed by atoms with Gasteiger partial charge in [-0.25, -0.2) is 4.98 Å². The van der Waals surface area contributed by atoms with Crippen LogP contribution in [0.2, 0.25) is 0 Å². The van der Waals surface area contributed by atoms with E-state index in [1.807, 2.05) is 6.92 Å². The third kappa shape index (κ3) is 6.90. The van der Waals surface area contributed by atoms with Gasteiger partial charge in [-0.3, -0.25) is 0 Å². The lowest BCUT2D eigenvalue weighted by atomic mass is 10.2. The maximum Gasteiger partial charge on any atom is 0.423 e. The molecule has 0 bridgehead atoms. The molecule has 0 aliphatic heterocycles. The molecular weight excluding hydrogens is 371 g/mol. The van der Waals surface area contributed by atoms with Crippen molar-refractivity contribution in [1.29, 1.82) is 0 Å². The molecule has 0 aliphatic carbocycles. The van der Waals surface area contributed by atoms with Crippen LogP contribution in [0.1, 0.15) is 45.6 Å². The lowest BCUT2D eigenvalue weighted by Crippen LogP contribution is -2.13. The predicted molar refractivity (Wildman–Crippen MR) is 102 cm³/mol. The standard InChI is InChI=1S/C20H26F3N3O2/c1-4-5-6-11-27-18-17(20(21,22)23)12-24-19(26-18)25-15-7-9-16(10-8-15)28-13-14(2)3/h7-10,12,14H,4-6,11,13H2,1-3H3,(H,24,25,26). The first-order chi connectivity index (χ1) is 13.3. The average Bonchev–Trinajstić information content (AvgIpc) is 2.64. The second-order valence-electron chi connectivity index (χ2n) is 6.82. The molecule has 0 fully saturated rings. The molecule has 0 saturated carbocycles. The Balaban J connectivity index is 2.10. The molecule has 1 N–H and O–H groups in total. The number of halogens is 3. The molecule has 1 aromatic carbocycles. The van der Waals surface area contributed by atoms with Crippen molar-refractivity contribution in [3.63, 3.8) is 0 Å². The number of nitrogens with zero attached hydrogens (tertiary/aromatic N) is 2. The van der Waals surface area contributed by atoms with Crippen LogP contribution in [0.5, 0.6) is 11.6 Å². The second kappa shape index (κ2) is 10.1. The maximum absolute atomic E-state index is 13.2. The molecule has 0 unspecified atom stereocenters. The Morgan fingerprint density at radius 2 is 1.79 bits per heavy atom. The maximum atomic E-state index is 13.2. The summed E-state index contributed by atoms with van der Waals surface area (Å²) in [4.78, 5) is 7.69. The summed E-state index contributed by atoms with van der Waals surface area (Å²) in [6.45, 7) is 6.90. The van der Waals surface area contributed by atoms with Gasteiger partial charge >= 0.3 is 6.18 Å². The third-order valence-corrected chi connectivity index (χ3v) is 3.74. The quantitative estimate of drug-likeness (QED) is 0.510. The van der Waals surface area contributed by atoms with E-state index in [0.29, 0.717) is 30.4 Å². The molecule has 2 rings (SSSR count). The van der Waals surface area contributed by atoms with Crippen LogP contribution in [0, 0.1) is 5.92 Å². The largest absolute Gasteiger partial charge is 0.493 e. The van der Waals surface area contributed by atoms with E-state index in [4.69, 9.17) is 9.47 Å². The smallest absolute Gasteiger partial charge is 0.423 e. The van der Waals surface area contributed by atoms with E-state index in [1.54, 1.807) is 24.3 Å². The number of alkyl halides is 3. The van der Waals surface area contributed by atoms with Gasteiger partial charge in [-0.1, -0.05) is 33.6 Å². The number of hydrogen-bond donors (Lipinski definition) is 1. The van der Waals surface area contributed by atoms with Gasteiger partial charge in [-0.15, -0.1) is 0 Å². The molecule has 154 valence electrons. The summed E-state index contributed by atoms with van der Waals surface area (Å²) in [5, 5.41) is 2.89. The molecule has 0 saturated heterocycles. The number of unbranched alkanes of at least 4 members (excludes halogenated alkanes) is 2. The van der Waals surface area contributed by atoms with Gasteiger partial charge in [-0.05, 0) is 36.6 Å². The number of rotatable bonds is 10. The Bertz CT molecular complexity index is 734. The minimum Gasteiger partial charge on any atom is -0.493 e. The highest BCUT2D eigenvalue weighted by Crippen LogP contribution is 2.35. The summed E-state index contributed by atoms with van der Waals surface area (Å²) >= 11 is 0. The van der Waals surface area contributed by atoms with E-state index < -0.39 is 17.6 Å². The Hall–Kier alpha value is -2.51. The Labute approximate surface area is 163 Å². The van der Waals surface area contributed by atoms with Crippen LogP contribution in [0.3, 0.4) is 0 Å². The van der Waals surface area contributed by atoms with E-state index in [2.05, 4.69) is 29.1 Å². The van der Waals surface area contributed by atoms with Gasteiger partial charge in [0, 0.05) is 11.9 Å². The number of hydrogen-bond acceptors (Lipinski definition) is 5. The molecule has 0 spiro atoms. The van der Waals surface area contributed by atoms with E-state index in [-0.39, 0.29) is 12.6 Å². The monoisotopic (exact) mass is 397 g/mol. The fourth-order valence-electron chi connectivity index (χ4n) is 2.28. The molecule has 8 heteroatoms. The van der Waals surface area contributed by atoms with E-state index >= 15 is 0 Å². The van der Waals surface area contributed by atoms with Gasteiger partial charge in [0.15, 0.2) is 0 Å². The number of anilines is 2. The molecule has 0 aliphatic rings. The fraction of sp³-hybridized carbons (Fsp3) is 0.500. The van der Waals surface area contributed by atoms with Gasteiger partial charge in [0.25, 0.3) is 0 Å². The molecule has 2 aromatic rings. The van der Waals surface area contributed by atoms with Crippen LogP contribution in [-0.2, 0) is 6.18 Å². The van der Waals surface area contributed by atoms with Crippen molar-refractivity contribution in [3.05, 3.63) is 36.0 Å². The van der Waals surface area contributed by atoms with Crippen LogP contribution in [0.25, 0.3) is 0 Å². The SMILES string of the molecule is CCCCCOc1nc(Nc2ccc(OCC(C)C)cc2)ncc1C(F)(F)F. The van der Waals surface area contributed by atoms with Crippen LogP contribution in [0.4, 0.5) is 24.8 Å². The van der Waals surface area contributed by atoms with Gasteiger partial charge in [0.1, 0.15) is 11.3 Å². The first-order valence-electron chi connectivity index (χ1n) is 9.36. The summed E-state index contributed by atoms with van der Waals surface area (Å²) in [7, 11) is 0. The highest BCUT2D eigenvalue weighted by Gasteiger charge is 2.36. The number of benzene rings is 1. The zero-order chi connectivity index (χ0) is 20.6. The Morgan fingerprint density at radius 1 is 1.07 bits per heavy atom. The molecule has 28 heavy (non-hydrogen) atoms. The Kier molecular flexibility index (Phi) is 7.90. The first kappa shape index (κ1) is 21.8. The normalized spacial score (nSPS) is 11.5. The van der Waals surface area contributed by atoms with Crippen molar-refractivity contribution in [2.75, 3.05) is 18.5 Å². The highest BCUT2D eigenvalue weighted by molar-refractivity contribution is 5.55. The lowest BCUT2D eigenvalue weighted by Gasteiger charge is -2.14. The summed E-state index contributed by atoms with van der Waals surface area (Å²) < 4.78 is 50.4. The highest BCUT2D eigenvalue weighted by atomic mass is 19.4. The van der Waals surface area contributed by atoms with Crippen LogP contribution in [0.15, 0.2) is 30.5 Å². The van der Waals surface area contributed by atoms with Crippen molar-refractivity contribution in [1.82, 2.24) is 9.97 Å². The van der Waals surface area contributed by atoms with Crippen molar-refractivity contribution in [2.45, 2.75) is 46.2 Å². The molecule has 0 atom stereocenters. The minimum absolute atomic E-state index is 0.0364. The van der Waals surface area contributed by atoms with E-state index in [0.717, 1.165) is 19.0 Å². The molecule has 0 amide bonds. The zero-order valence-corrected chi connectivity index (χ0v) is 16.3. The fourth-order valence-corrected chi connectivity index (χ4v) is 2.28. The van der Waals surface area contributed by atoms with Gasteiger partial charge in [0.05, 0.1) is 13.2 Å². The van der Waals surface area contributed by atoms with Gasteiger partial charge < -0.3 is 14.8 Å². The zero-order valence-electron chi connectivity index (χ0n) is 16.3. The topological polar surface area (TPSA) is 56.3 Å². The van der Waals surface area contributed by atoms with Crippen molar-refractivity contribution in [2.24, 2.45) is 5.92 Å². The van der Waals surface area contributed by atoms with E-state index in [1.165, 1.54) is 0 Å². The summed E-state index contributed by atoms with van der Waals surface area (Å²) in [5.74, 6) is 0.703. The van der Waals surface area contributed by atoms with Crippen molar-refractivity contribution < 1.29 is 22.6 Å². The van der Waals surface area contributed by atoms with E-state index in [9.17, 15) is 13.2 Å². The number of nitrogens with one attached hydrogen (secondary N) is 1. The number of ether oxygens (including phenoxy) is 2. The Morgan fingerprint density at radius 3 is 2.39 bits per heavy atom. The predicted octanol–water partition coefficient (Wildman–Crippen LogP) is 5.84. The van der Waals surface area contributed by atoms with Gasteiger partial charge in [-0.2, -0.15) is 18.2 Å². The summed E-state index contributed by atoms with van der Waals surface area (Å²) in [6, 6.07) is 7.05. The molecule has 5 nitrogen and oxygen atoms in total. The van der Waals surface area contributed by atoms with Crippen LogP contribution >= 0.6 is 0 Å². The van der Waals surface area contributed by atoms with Crippen molar-refractivity contribution in [3.8, 4) is 11.6 Å². The van der Waals surface area contributed by atoms with Crippen LogP contribution in [-0.4, -0.2) is 23.2 Å². The van der Waals surface area contributed by atoms with Crippen molar-refractivity contribution >= 4 is 11.6 Å². The third-order valence-electron chi connectivity index (χ3n) is 3.74. The molecule has 1 aromatic heterocycles. The average molecular weight is 397 g/mol. The summed E-state index contributed by atoms with van der Waals surface area (Å²) in [6.07, 6.45) is -1.34.